The van der Waals surface area contributed by atoms with Gasteiger partial charge in [-0.15, -0.1) is 5.10 Å². The number of halogens is 1. The van der Waals surface area contributed by atoms with E-state index in [4.69, 9.17) is 17.3 Å². The fourth-order valence-electron chi connectivity index (χ4n) is 2.01. The Morgan fingerprint density at radius 1 is 1.47 bits per heavy atom. The fraction of sp³-hybridized carbons (Fsp3) is 0.600. The maximum Gasteiger partial charge on any atom is 0.151 e. The molecule has 1 aromatic rings. The summed E-state index contributed by atoms with van der Waals surface area (Å²) in [5.41, 5.74) is 6.66. The Morgan fingerprint density at radius 3 is 3.00 bits per heavy atom. The molecule has 0 saturated carbocycles. The summed E-state index contributed by atoms with van der Waals surface area (Å²) in [5, 5.41) is 8.32. The molecule has 15 heavy (non-hydrogen) atoms. The summed E-state index contributed by atoms with van der Waals surface area (Å²) in [6.45, 7) is 2.65. The number of hydrogen-bond acceptors (Lipinski definition) is 4. The Hall–Kier alpha value is -0.710. The molecular weight excluding hydrogens is 212 g/mol. The maximum absolute atomic E-state index is 5.70. The van der Waals surface area contributed by atoms with E-state index in [-0.39, 0.29) is 0 Å². The zero-order valence-corrected chi connectivity index (χ0v) is 9.32. The highest BCUT2D eigenvalue weighted by Crippen LogP contribution is 2.18. The van der Waals surface area contributed by atoms with Crippen molar-refractivity contribution in [1.82, 2.24) is 15.1 Å². The normalized spacial score (nSPS) is 22.1. The average Bonchev–Trinajstić information content (AvgIpc) is 2.69. The summed E-state index contributed by atoms with van der Waals surface area (Å²) in [6.07, 6.45) is 2.42. The molecule has 2 rings (SSSR count). The van der Waals surface area contributed by atoms with Crippen LogP contribution in [0, 0.1) is 0 Å². The first-order chi connectivity index (χ1) is 7.29. The van der Waals surface area contributed by atoms with Crippen molar-refractivity contribution in [3.05, 3.63) is 23.0 Å². The molecule has 1 aromatic heterocycles. The molecule has 0 bridgehead atoms. The number of nitrogens with two attached hydrogens (primary N) is 1. The number of rotatable bonds is 3. The molecule has 1 saturated heterocycles. The monoisotopic (exact) mass is 226 g/mol. The molecule has 0 unspecified atom stereocenters. The van der Waals surface area contributed by atoms with E-state index >= 15 is 0 Å². The van der Waals surface area contributed by atoms with E-state index in [9.17, 15) is 0 Å². The lowest BCUT2D eigenvalue weighted by atomic mass is 10.2. The van der Waals surface area contributed by atoms with Crippen molar-refractivity contribution in [2.45, 2.75) is 25.4 Å². The Labute approximate surface area is 94.4 Å². The van der Waals surface area contributed by atoms with Crippen molar-refractivity contribution in [2.24, 2.45) is 5.73 Å². The zero-order chi connectivity index (χ0) is 10.7. The third kappa shape index (κ3) is 2.65. The summed E-state index contributed by atoms with van der Waals surface area (Å²) in [4.78, 5) is 2.36. The lowest BCUT2D eigenvalue weighted by Gasteiger charge is -2.22. The number of likely N-dealkylation sites (tertiary alicyclic amines) is 1. The predicted octanol–water partition coefficient (Wildman–Crippen LogP) is 1.05. The Balaban J connectivity index is 1.99. The van der Waals surface area contributed by atoms with Crippen molar-refractivity contribution in [3.63, 3.8) is 0 Å². The molecule has 2 heterocycles. The van der Waals surface area contributed by atoms with Crippen LogP contribution in [0.5, 0.6) is 0 Å². The van der Waals surface area contributed by atoms with Gasteiger partial charge in [0.25, 0.3) is 0 Å². The molecule has 0 amide bonds. The topological polar surface area (TPSA) is 55.0 Å². The highest BCUT2D eigenvalue weighted by Gasteiger charge is 2.23. The smallest absolute Gasteiger partial charge is 0.151 e. The van der Waals surface area contributed by atoms with Gasteiger partial charge in [-0.3, -0.25) is 4.90 Å². The van der Waals surface area contributed by atoms with E-state index in [1.165, 1.54) is 12.8 Å². The molecular formula is C10H15ClN4. The highest BCUT2D eigenvalue weighted by atomic mass is 35.5. The molecule has 0 aromatic carbocycles. The lowest BCUT2D eigenvalue weighted by molar-refractivity contribution is 0.246. The SMILES string of the molecule is NC[C@H]1CCCN1Cc1ccc(Cl)nn1. The van der Waals surface area contributed by atoms with Crippen LogP contribution in [0.2, 0.25) is 5.15 Å². The fourth-order valence-corrected chi connectivity index (χ4v) is 2.11. The second kappa shape index (κ2) is 4.88. The number of hydrogen-bond donors (Lipinski definition) is 1. The molecule has 1 aliphatic heterocycles. The summed E-state index contributed by atoms with van der Waals surface area (Å²) < 4.78 is 0. The van der Waals surface area contributed by atoms with E-state index in [0.29, 0.717) is 11.2 Å². The van der Waals surface area contributed by atoms with Crippen LogP contribution in [-0.2, 0) is 6.54 Å². The highest BCUT2D eigenvalue weighted by molar-refractivity contribution is 6.29. The zero-order valence-electron chi connectivity index (χ0n) is 8.56. The average molecular weight is 227 g/mol. The van der Waals surface area contributed by atoms with E-state index < -0.39 is 0 Å². The molecule has 0 radical (unpaired) electrons. The molecule has 0 spiro atoms. The lowest BCUT2D eigenvalue weighted by Crippen LogP contribution is -2.35. The standard InChI is InChI=1S/C10H15ClN4/c11-10-4-3-8(13-14-10)7-15-5-1-2-9(15)6-12/h3-4,9H,1-2,5-7,12H2/t9-/m1/s1. The first-order valence-electron chi connectivity index (χ1n) is 5.22. The molecule has 1 aliphatic rings. The van der Waals surface area contributed by atoms with Gasteiger partial charge >= 0.3 is 0 Å². The largest absolute Gasteiger partial charge is 0.329 e. The van der Waals surface area contributed by atoms with Crippen LogP contribution in [0.4, 0.5) is 0 Å². The summed E-state index contributed by atoms with van der Waals surface area (Å²) in [6, 6.07) is 4.20. The summed E-state index contributed by atoms with van der Waals surface area (Å²) >= 11 is 5.68. The van der Waals surface area contributed by atoms with E-state index in [1.807, 2.05) is 6.07 Å². The molecule has 4 nitrogen and oxygen atoms in total. The van der Waals surface area contributed by atoms with Gasteiger partial charge in [0.1, 0.15) is 0 Å². The second-order valence-electron chi connectivity index (χ2n) is 3.85. The minimum absolute atomic E-state index is 0.440. The van der Waals surface area contributed by atoms with Gasteiger partial charge in [0.2, 0.25) is 0 Å². The third-order valence-electron chi connectivity index (χ3n) is 2.82. The summed E-state index contributed by atoms with van der Waals surface area (Å²) in [7, 11) is 0. The minimum atomic E-state index is 0.440. The van der Waals surface area contributed by atoms with Crippen LogP contribution in [-0.4, -0.2) is 34.2 Å². The van der Waals surface area contributed by atoms with E-state index in [1.54, 1.807) is 6.07 Å². The van der Waals surface area contributed by atoms with Gasteiger partial charge in [-0.1, -0.05) is 11.6 Å². The molecule has 5 heteroatoms. The van der Waals surface area contributed by atoms with Crippen molar-refractivity contribution in [3.8, 4) is 0 Å². The first-order valence-corrected chi connectivity index (χ1v) is 5.59. The van der Waals surface area contributed by atoms with Gasteiger partial charge in [0.15, 0.2) is 5.15 Å². The molecule has 2 N–H and O–H groups in total. The first kappa shape index (κ1) is 10.8. The van der Waals surface area contributed by atoms with Gasteiger partial charge < -0.3 is 5.73 Å². The van der Waals surface area contributed by atoms with Crippen molar-refractivity contribution in [1.29, 1.82) is 0 Å². The Morgan fingerprint density at radius 2 is 2.33 bits per heavy atom. The van der Waals surface area contributed by atoms with Crippen molar-refractivity contribution in [2.75, 3.05) is 13.1 Å². The van der Waals surface area contributed by atoms with Crippen LogP contribution in [0.15, 0.2) is 12.1 Å². The van der Waals surface area contributed by atoms with Crippen LogP contribution in [0.1, 0.15) is 18.5 Å². The number of nitrogens with zero attached hydrogens (tertiary/aromatic N) is 3. The van der Waals surface area contributed by atoms with Crippen LogP contribution >= 0.6 is 11.6 Å². The third-order valence-corrected chi connectivity index (χ3v) is 3.03. The second-order valence-corrected chi connectivity index (χ2v) is 4.24. The Bertz CT molecular complexity index is 314. The maximum atomic E-state index is 5.70. The summed E-state index contributed by atoms with van der Waals surface area (Å²) in [5.74, 6) is 0. The van der Waals surface area contributed by atoms with E-state index in [2.05, 4.69) is 15.1 Å². The van der Waals surface area contributed by atoms with Crippen molar-refractivity contribution >= 4 is 11.6 Å². The van der Waals surface area contributed by atoms with Gasteiger partial charge in [-0.25, -0.2) is 0 Å². The van der Waals surface area contributed by atoms with Gasteiger partial charge in [0.05, 0.1) is 5.69 Å². The Kier molecular flexibility index (Phi) is 3.51. The van der Waals surface area contributed by atoms with Crippen LogP contribution in [0.3, 0.4) is 0 Å². The van der Waals surface area contributed by atoms with Crippen molar-refractivity contribution < 1.29 is 0 Å². The molecule has 1 fully saturated rings. The quantitative estimate of drug-likeness (QED) is 0.837. The van der Waals surface area contributed by atoms with E-state index in [0.717, 1.165) is 25.3 Å². The predicted molar refractivity (Wildman–Crippen MR) is 59.5 cm³/mol. The molecule has 1 atom stereocenters. The molecule has 0 aliphatic carbocycles. The van der Waals surface area contributed by atoms with Gasteiger partial charge in [-0.05, 0) is 31.5 Å². The van der Waals surface area contributed by atoms with Crippen LogP contribution in [0.25, 0.3) is 0 Å². The van der Waals surface area contributed by atoms with Crippen LogP contribution < -0.4 is 5.73 Å². The van der Waals surface area contributed by atoms with Gasteiger partial charge in [-0.2, -0.15) is 5.10 Å². The van der Waals surface area contributed by atoms with Gasteiger partial charge in [0, 0.05) is 19.1 Å². The molecule has 82 valence electrons. The minimum Gasteiger partial charge on any atom is -0.329 e. The number of aromatic nitrogens is 2.